The third-order valence-corrected chi connectivity index (χ3v) is 3.42. The van der Waals surface area contributed by atoms with Crippen molar-refractivity contribution in [2.45, 2.75) is 6.42 Å². The van der Waals surface area contributed by atoms with Gasteiger partial charge >= 0.3 is 0 Å². The van der Waals surface area contributed by atoms with Crippen LogP contribution in [0.2, 0.25) is 0 Å². The number of anilines is 1. The maximum Gasteiger partial charge on any atom is 0.229 e. The van der Waals surface area contributed by atoms with E-state index >= 15 is 0 Å². The summed E-state index contributed by atoms with van der Waals surface area (Å²) in [7, 11) is 0. The third kappa shape index (κ3) is 3.54. The second kappa shape index (κ2) is 5.98. The van der Waals surface area contributed by atoms with Crippen molar-refractivity contribution in [3.8, 4) is 12.3 Å². The second-order valence-corrected chi connectivity index (χ2v) is 4.91. The molecule has 94 valence electrons. The molecule has 0 aliphatic heterocycles. The topological polar surface area (TPSA) is 46.2 Å². The zero-order valence-corrected chi connectivity index (χ0v) is 10.9. The summed E-state index contributed by atoms with van der Waals surface area (Å²) in [5.41, 5.74) is 2.04. The lowest BCUT2D eigenvalue weighted by Gasteiger charge is -2.04. The Kier molecular flexibility index (Phi) is 4.11. The molecule has 19 heavy (non-hydrogen) atoms. The van der Waals surface area contributed by atoms with E-state index in [1.807, 2.05) is 11.4 Å². The number of nitrogens with one attached hydrogen (secondary N) is 1. The second-order valence-electron chi connectivity index (χ2n) is 3.91. The van der Waals surface area contributed by atoms with Gasteiger partial charge in [0.05, 0.1) is 6.42 Å². The van der Waals surface area contributed by atoms with Crippen LogP contribution in [-0.4, -0.2) is 12.2 Å². The number of hydrogen-bond acceptors (Lipinski definition) is 3. The molecule has 0 aliphatic rings. The van der Waals surface area contributed by atoms with Crippen molar-refractivity contribution in [2.75, 3.05) is 5.32 Å². The third-order valence-electron chi connectivity index (χ3n) is 2.49. The largest absolute Gasteiger partial charge is 0.326 e. The number of benzene rings is 1. The Hall–Kier alpha value is -2.38. The molecule has 0 unspecified atom stereocenters. The highest BCUT2D eigenvalue weighted by Gasteiger charge is 2.06. The van der Waals surface area contributed by atoms with Crippen molar-refractivity contribution in [2.24, 2.45) is 0 Å². The Morgan fingerprint density at radius 1 is 1.37 bits per heavy atom. The zero-order chi connectivity index (χ0) is 13.7. The fourth-order valence-corrected chi connectivity index (χ4v) is 2.38. The minimum atomic E-state index is -0.107. The number of hydrogen-bond donors (Lipinski definition) is 1. The van der Waals surface area contributed by atoms with Crippen molar-refractivity contribution >= 4 is 29.2 Å². The van der Waals surface area contributed by atoms with Gasteiger partial charge in [-0.2, -0.15) is 0 Å². The van der Waals surface area contributed by atoms with Gasteiger partial charge in [-0.15, -0.1) is 17.8 Å². The lowest BCUT2D eigenvalue weighted by Crippen LogP contribution is -2.13. The van der Waals surface area contributed by atoms with Gasteiger partial charge in [0.25, 0.3) is 0 Å². The maximum atomic E-state index is 11.8. The monoisotopic (exact) mass is 269 g/mol. The van der Waals surface area contributed by atoms with Gasteiger partial charge in [-0.05, 0) is 30.3 Å². The first-order chi connectivity index (χ1) is 9.21. The van der Waals surface area contributed by atoms with Gasteiger partial charge < -0.3 is 5.32 Å². The van der Waals surface area contributed by atoms with Crippen molar-refractivity contribution in [3.05, 3.63) is 51.7 Å². The molecular weight excluding hydrogens is 258 g/mol. The average molecular weight is 269 g/mol. The summed E-state index contributed by atoms with van der Waals surface area (Å²) >= 11 is 1.47. The molecule has 1 heterocycles. The molecule has 1 amide bonds. The van der Waals surface area contributed by atoms with Crippen LogP contribution in [-0.2, 0) is 11.2 Å². The van der Waals surface area contributed by atoms with E-state index in [9.17, 15) is 9.59 Å². The van der Waals surface area contributed by atoms with Crippen molar-refractivity contribution in [3.63, 3.8) is 0 Å². The zero-order valence-electron chi connectivity index (χ0n) is 10.1. The Morgan fingerprint density at radius 3 is 2.68 bits per heavy atom. The van der Waals surface area contributed by atoms with Gasteiger partial charge in [-0.3, -0.25) is 9.59 Å². The SMILES string of the molecule is C#Cc1csc(CC(=O)Nc2ccc(C=O)cc2)c1. The van der Waals surface area contributed by atoms with Gasteiger partial charge in [0.15, 0.2) is 0 Å². The Balaban J connectivity index is 1.97. The molecule has 3 nitrogen and oxygen atoms in total. The van der Waals surface area contributed by atoms with Crippen LogP contribution in [0.5, 0.6) is 0 Å². The van der Waals surface area contributed by atoms with Crippen LogP contribution < -0.4 is 5.32 Å². The highest BCUT2D eigenvalue weighted by Crippen LogP contribution is 2.15. The lowest BCUT2D eigenvalue weighted by atomic mass is 10.2. The highest BCUT2D eigenvalue weighted by atomic mass is 32.1. The van der Waals surface area contributed by atoms with Gasteiger partial charge in [0.1, 0.15) is 6.29 Å². The van der Waals surface area contributed by atoms with Crippen LogP contribution in [0.3, 0.4) is 0 Å². The molecule has 0 saturated heterocycles. The molecular formula is C15H11NO2S. The molecule has 0 radical (unpaired) electrons. The molecule has 0 saturated carbocycles. The first-order valence-corrected chi connectivity index (χ1v) is 6.48. The molecule has 2 rings (SSSR count). The van der Waals surface area contributed by atoms with Crippen LogP contribution in [0.1, 0.15) is 20.8 Å². The van der Waals surface area contributed by atoms with E-state index in [0.717, 1.165) is 16.7 Å². The normalized spacial score (nSPS) is 9.63. The lowest BCUT2D eigenvalue weighted by molar-refractivity contribution is -0.115. The quantitative estimate of drug-likeness (QED) is 0.685. The number of amides is 1. The van der Waals surface area contributed by atoms with E-state index in [2.05, 4.69) is 11.2 Å². The molecule has 0 bridgehead atoms. The molecule has 0 atom stereocenters. The standard InChI is InChI=1S/C15H11NO2S/c1-2-11-7-14(19-10-11)8-15(18)16-13-5-3-12(9-17)4-6-13/h1,3-7,9-10H,8H2,(H,16,18). The van der Waals surface area contributed by atoms with Crippen LogP contribution in [0.25, 0.3) is 0 Å². The smallest absolute Gasteiger partial charge is 0.229 e. The highest BCUT2D eigenvalue weighted by molar-refractivity contribution is 7.10. The summed E-state index contributed by atoms with van der Waals surface area (Å²) in [6.45, 7) is 0. The first kappa shape index (κ1) is 13.1. The van der Waals surface area contributed by atoms with Crippen molar-refractivity contribution in [1.29, 1.82) is 0 Å². The Morgan fingerprint density at radius 2 is 2.11 bits per heavy atom. The summed E-state index contributed by atoms with van der Waals surface area (Å²) in [5, 5.41) is 4.62. The molecule has 1 aromatic carbocycles. The number of aldehydes is 1. The van der Waals surface area contributed by atoms with Gasteiger partial charge in [0.2, 0.25) is 5.91 Å². The summed E-state index contributed by atoms with van der Waals surface area (Å²) in [6, 6.07) is 8.54. The predicted molar refractivity (Wildman–Crippen MR) is 76.4 cm³/mol. The molecule has 2 aromatic rings. The number of thiophene rings is 1. The fourth-order valence-electron chi connectivity index (χ4n) is 1.56. The Labute approximate surface area is 115 Å². The van der Waals surface area contributed by atoms with Crippen LogP contribution >= 0.6 is 11.3 Å². The fraction of sp³-hybridized carbons (Fsp3) is 0.0667. The molecule has 1 N–H and O–H groups in total. The van der Waals surface area contributed by atoms with E-state index in [4.69, 9.17) is 6.42 Å². The summed E-state index contributed by atoms with van der Waals surface area (Å²) < 4.78 is 0. The van der Waals surface area contributed by atoms with Crippen molar-refractivity contribution in [1.82, 2.24) is 0 Å². The van der Waals surface area contributed by atoms with E-state index in [1.165, 1.54) is 11.3 Å². The van der Waals surface area contributed by atoms with E-state index in [0.29, 0.717) is 17.7 Å². The van der Waals surface area contributed by atoms with Crippen molar-refractivity contribution < 1.29 is 9.59 Å². The van der Waals surface area contributed by atoms with Gasteiger partial charge in [-0.1, -0.05) is 5.92 Å². The number of carbonyl (C=O) groups excluding carboxylic acids is 2. The molecule has 1 aromatic heterocycles. The molecule has 4 heteroatoms. The van der Waals surface area contributed by atoms with E-state index < -0.39 is 0 Å². The number of rotatable bonds is 4. The minimum Gasteiger partial charge on any atom is -0.326 e. The molecule has 0 fully saturated rings. The van der Waals surface area contributed by atoms with Gasteiger partial charge in [0, 0.05) is 27.1 Å². The molecule has 0 spiro atoms. The van der Waals surface area contributed by atoms with E-state index in [-0.39, 0.29) is 5.91 Å². The van der Waals surface area contributed by atoms with Crippen LogP contribution in [0, 0.1) is 12.3 Å². The van der Waals surface area contributed by atoms with Gasteiger partial charge in [-0.25, -0.2) is 0 Å². The number of terminal acetylenes is 1. The predicted octanol–water partition coefficient (Wildman–Crippen LogP) is 2.72. The maximum absolute atomic E-state index is 11.8. The number of carbonyl (C=O) groups is 2. The average Bonchev–Trinajstić information content (AvgIpc) is 2.87. The minimum absolute atomic E-state index is 0.107. The van der Waals surface area contributed by atoms with Crippen LogP contribution in [0.4, 0.5) is 5.69 Å². The van der Waals surface area contributed by atoms with Crippen LogP contribution in [0.15, 0.2) is 35.7 Å². The Bertz CT molecular complexity index is 635. The summed E-state index contributed by atoms with van der Waals surface area (Å²) in [4.78, 5) is 23.2. The molecule has 0 aliphatic carbocycles. The summed E-state index contributed by atoms with van der Waals surface area (Å²) in [5.74, 6) is 2.42. The summed E-state index contributed by atoms with van der Waals surface area (Å²) in [6.07, 6.45) is 6.33. The first-order valence-electron chi connectivity index (χ1n) is 5.60. The van der Waals surface area contributed by atoms with E-state index in [1.54, 1.807) is 24.3 Å².